The maximum Gasteiger partial charge on any atom is 0.405 e. The van der Waals surface area contributed by atoms with Gasteiger partial charge in [0.05, 0.1) is 24.3 Å². The largest absolute Gasteiger partial charge is 0.506 e. The Balaban J connectivity index is 0.996. The lowest BCUT2D eigenvalue weighted by atomic mass is 9.98. The Bertz CT molecular complexity index is 2080. The summed E-state index contributed by atoms with van der Waals surface area (Å²) in [6, 6.07) is 39.2. The summed E-state index contributed by atoms with van der Waals surface area (Å²) in [5.74, 6) is 0.642. The number of aliphatic hydroxyl groups excluding tert-OH is 1. The summed E-state index contributed by atoms with van der Waals surface area (Å²) in [6.07, 6.45) is -1.20. The Morgan fingerprint density at radius 2 is 1.47 bits per heavy atom. The maximum atomic E-state index is 11.7. The molecule has 1 heterocycles. The lowest BCUT2D eigenvalue weighted by Crippen LogP contribution is -2.27. The fraction of sp³-hybridized carbons (Fsp3) is 0.150. The lowest BCUT2D eigenvalue weighted by molar-refractivity contribution is 0.176. The normalized spacial score (nSPS) is 12.3. The van der Waals surface area contributed by atoms with Crippen LogP contribution in [0.3, 0.4) is 0 Å². The summed E-state index contributed by atoms with van der Waals surface area (Å²) in [5, 5.41) is 36.8. The van der Waals surface area contributed by atoms with Crippen molar-refractivity contribution in [3.05, 3.63) is 166 Å². The van der Waals surface area contributed by atoms with Crippen LogP contribution in [-0.2, 0) is 13.0 Å². The van der Waals surface area contributed by atoms with Gasteiger partial charge >= 0.3 is 6.09 Å². The van der Waals surface area contributed by atoms with Crippen LogP contribution >= 0.6 is 0 Å². The van der Waals surface area contributed by atoms with Crippen molar-refractivity contribution in [2.24, 2.45) is 0 Å². The second-order valence-corrected chi connectivity index (χ2v) is 11.8. The van der Waals surface area contributed by atoms with Crippen LogP contribution in [0.5, 0.6) is 11.5 Å². The number of benzene rings is 5. The molecular formula is C40H37N3O6. The van der Waals surface area contributed by atoms with E-state index in [9.17, 15) is 24.9 Å². The first-order valence-corrected chi connectivity index (χ1v) is 16.0. The van der Waals surface area contributed by atoms with Gasteiger partial charge in [-0.15, -0.1) is 0 Å². The van der Waals surface area contributed by atoms with Gasteiger partial charge in [-0.1, -0.05) is 97.1 Å². The molecule has 0 aliphatic carbocycles. The van der Waals surface area contributed by atoms with E-state index in [0.717, 1.165) is 33.4 Å². The summed E-state index contributed by atoms with van der Waals surface area (Å²) in [4.78, 5) is 25.8. The standard InChI is InChI=1S/C40H37N3O6/c44-35-19-17-33(34-18-20-37(46)42-39(34)35)36(45)25-41-24-27-11-15-29(16-12-27)28-13-9-26(10-14-28)21-22-49-32-8-4-7-31(23-32)38(43-40(47)48)30-5-2-1-3-6-30/h1-20,23,36,38,41,43-45H,21-22,24-25H2,(H,42,46)(H,47,48)/t36-,38?/m0/s1. The molecule has 248 valence electrons. The third-order valence-corrected chi connectivity index (χ3v) is 8.43. The Morgan fingerprint density at radius 1 is 0.776 bits per heavy atom. The van der Waals surface area contributed by atoms with Crippen LogP contribution in [0.25, 0.3) is 22.0 Å². The van der Waals surface area contributed by atoms with Gasteiger partial charge in [0.15, 0.2) is 0 Å². The van der Waals surface area contributed by atoms with Crippen molar-refractivity contribution in [3.63, 3.8) is 0 Å². The number of carbonyl (C=O) groups is 1. The van der Waals surface area contributed by atoms with Crippen LogP contribution in [0.15, 0.2) is 132 Å². The van der Waals surface area contributed by atoms with Crippen LogP contribution in [0.2, 0.25) is 0 Å². The number of ether oxygens (including phenoxy) is 1. The number of amides is 1. The van der Waals surface area contributed by atoms with E-state index in [1.54, 1.807) is 12.1 Å². The van der Waals surface area contributed by atoms with Crippen molar-refractivity contribution in [1.29, 1.82) is 0 Å². The highest BCUT2D eigenvalue weighted by atomic mass is 16.5. The molecule has 1 amide bonds. The smallest absolute Gasteiger partial charge is 0.405 e. The molecule has 0 saturated carbocycles. The fourth-order valence-corrected chi connectivity index (χ4v) is 5.89. The average molecular weight is 656 g/mol. The topological polar surface area (TPSA) is 144 Å². The van der Waals surface area contributed by atoms with Crippen molar-refractivity contribution >= 4 is 17.0 Å². The molecule has 2 atom stereocenters. The number of pyridine rings is 1. The number of H-pyrrole nitrogens is 1. The second kappa shape index (κ2) is 15.3. The molecule has 1 unspecified atom stereocenters. The highest BCUT2D eigenvalue weighted by Crippen LogP contribution is 2.29. The van der Waals surface area contributed by atoms with Crippen molar-refractivity contribution in [2.75, 3.05) is 13.2 Å². The van der Waals surface area contributed by atoms with E-state index >= 15 is 0 Å². The predicted octanol–water partition coefficient (Wildman–Crippen LogP) is 6.70. The van der Waals surface area contributed by atoms with E-state index < -0.39 is 18.2 Å². The van der Waals surface area contributed by atoms with Crippen LogP contribution < -0.4 is 20.9 Å². The minimum absolute atomic E-state index is 0.0369. The number of hydrogen-bond acceptors (Lipinski definition) is 6. The first-order valence-electron chi connectivity index (χ1n) is 16.0. The van der Waals surface area contributed by atoms with Crippen LogP contribution in [0.4, 0.5) is 4.79 Å². The molecule has 6 aromatic rings. The maximum absolute atomic E-state index is 11.7. The summed E-state index contributed by atoms with van der Waals surface area (Å²) >= 11 is 0. The third kappa shape index (κ3) is 8.34. The second-order valence-electron chi connectivity index (χ2n) is 11.8. The molecule has 0 bridgehead atoms. The Morgan fingerprint density at radius 3 is 2.18 bits per heavy atom. The van der Waals surface area contributed by atoms with E-state index in [1.165, 1.54) is 12.1 Å². The number of carboxylic acid groups (broad SMARTS) is 1. The summed E-state index contributed by atoms with van der Waals surface area (Å²) < 4.78 is 6.05. The van der Waals surface area contributed by atoms with Gasteiger partial charge in [0.25, 0.3) is 0 Å². The third-order valence-electron chi connectivity index (χ3n) is 8.43. The highest BCUT2D eigenvalue weighted by molar-refractivity contribution is 5.87. The average Bonchev–Trinajstić information content (AvgIpc) is 3.12. The quantitative estimate of drug-likeness (QED) is 0.0812. The molecule has 6 N–H and O–H groups in total. The summed E-state index contributed by atoms with van der Waals surface area (Å²) in [5.41, 5.74) is 6.68. The van der Waals surface area contributed by atoms with Crippen LogP contribution in [0.1, 0.15) is 40.0 Å². The molecule has 0 saturated heterocycles. The van der Waals surface area contributed by atoms with E-state index in [2.05, 4.69) is 64.1 Å². The van der Waals surface area contributed by atoms with E-state index in [0.29, 0.717) is 48.3 Å². The zero-order valence-electron chi connectivity index (χ0n) is 26.7. The number of nitrogens with one attached hydrogen (secondary N) is 3. The van der Waals surface area contributed by atoms with E-state index in [1.807, 2.05) is 54.6 Å². The number of hydrogen-bond donors (Lipinski definition) is 6. The molecule has 5 aromatic carbocycles. The van der Waals surface area contributed by atoms with E-state index in [4.69, 9.17) is 4.74 Å². The summed E-state index contributed by atoms with van der Waals surface area (Å²) in [6.45, 7) is 1.34. The molecule has 49 heavy (non-hydrogen) atoms. The number of aromatic amines is 1. The first kappa shape index (κ1) is 33.0. The van der Waals surface area contributed by atoms with Crippen molar-refractivity contribution in [2.45, 2.75) is 25.1 Å². The molecule has 0 aliphatic heterocycles. The molecule has 0 radical (unpaired) electrons. The molecule has 0 aliphatic rings. The Kier molecular flexibility index (Phi) is 10.3. The Hall–Kier alpha value is -5.90. The number of phenolic OH excluding ortho intramolecular Hbond substituents is 1. The van der Waals surface area contributed by atoms with Gasteiger partial charge in [0, 0.05) is 31.0 Å². The van der Waals surface area contributed by atoms with Gasteiger partial charge in [-0.3, -0.25) is 4.79 Å². The molecule has 9 nitrogen and oxygen atoms in total. The molecule has 1 aromatic heterocycles. The van der Waals surface area contributed by atoms with Gasteiger partial charge in [0.1, 0.15) is 11.5 Å². The number of phenols is 1. The van der Waals surface area contributed by atoms with Gasteiger partial charge < -0.3 is 35.7 Å². The monoisotopic (exact) mass is 655 g/mol. The van der Waals surface area contributed by atoms with Crippen molar-refractivity contribution < 1.29 is 24.9 Å². The number of aliphatic hydroxyl groups is 1. The molecule has 9 heteroatoms. The minimum Gasteiger partial charge on any atom is -0.506 e. The van der Waals surface area contributed by atoms with Crippen molar-refractivity contribution in [1.82, 2.24) is 15.6 Å². The molecule has 0 fully saturated rings. The van der Waals surface area contributed by atoms with Gasteiger partial charge in [0.2, 0.25) is 5.56 Å². The highest BCUT2D eigenvalue weighted by Gasteiger charge is 2.17. The summed E-state index contributed by atoms with van der Waals surface area (Å²) in [7, 11) is 0. The molecule has 0 spiro atoms. The zero-order valence-corrected chi connectivity index (χ0v) is 26.7. The number of aromatic nitrogens is 1. The number of rotatable bonds is 13. The van der Waals surface area contributed by atoms with Gasteiger partial charge in [-0.2, -0.15) is 0 Å². The minimum atomic E-state index is -1.09. The fourth-order valence-electron chi connectivity index (χ4n) is 5.89. The number of aromatic hydroxyl groups is 1. The molecular weight excluding hydrogens is 618 g/mol. The first-order chi connectivity index (χ1) is 23.8. The van der Waals surface area contributed by atoms with Crippen LogP contribution in [-0.4, -0.2) is 39.5 Å². The van der Waals surface area contributed by atoms with Gasteiger partial charge in [-0.25, -0.2) is 4.79 Å². The van der Waals surface area contributed by atoms with Gasteiger partial charge in [-0.05, 0) is 63.2 Å². The van der Waals surface area contributed by atoms with Crippen LogP contribution in [0, 0.1) is 0 Å². The zero-order chi connectivity index (χ0) is 34.2. The van der Waals surface area contributed by atoms with Crippen molar-refractivity contribution in [3.8, 4) is 22.6 Å². The SMILES string of the molecule is O=C(O)NC(c1ccccc1)c1cccc(OCCc2ccc(-c3ccc(CNC[C@H](O)c4ccc(O)c5[nH]c(=O)ccc45)cc3)cc2)c1. The predicted molar refractivity (Wildman–Crippen MR) is 190 cm³/mol. The molecule has 6 rings (SSSR count). The Labute approximate surface area is 283 Å². The van der Waals surface area contributed by atoms with E-state index in [-0.39, 0.29) is 11.3 Å². The number of fused-ring (bicyclic) bond motifs is 1. The lowest BCUT2D eigenvalue weighted by Gasteiger charge is -2.19.